The number of hydrogen-bond donors (Lipinski definition) is 1. The second-order valence-electron chi connectivity index (χ2n) is 3.13. The van der Waals surface area contributed by atoms with Crippen molar-refractivity contribution in [2.24, 2.45) is 0 Å². The molecule has 0 saturated heterocycles. The minimum absolute atomic E-state index is 0.242. The van der Waals surface area contributed by atoms with Gasteiger partial charge in [-0.2, -0.15) is 4.39 Å². The number of hydrogen-bond acceptors (Lipinski definition) is 3. The van der Waals surface area contributed by atoms with Crippen LogP contribution in [-0.2, 0) is 4.74 Å². The summed E-state index contributed by atoms with van der Waals surface area (Å²) in [6, 6.07) is 0. The number of aromatic amines is 1. The molecule has 0 aromatic carbocycles. The van der Waals surface area contributed by atoms with E-state index in [9.17, 15) is 14.0 Å². The van der Waals surface area contributed by atoms with Crippen molar-refractivity contribution in [3.05, 3.63) is 45.5 Å². The summed E-state index contributed by atoms with van der Waals surface area (Å²) in [5.74, 6) is -1.01. The largest absolute Gasteiger partial charge is 0.354 e. The van der Waals surface area contributed by atoms with Gasteiger partial charge in [-0.15, -0.1) is 6.58 Å². The Morgan fingerprint density at radius 2 is 2.38 bits per heavy atom. The summed E-state index contributed by atoms with van der Waals surface area (Å²) in [7, 11) is 0. The lowest BCUT2D eigenvalue weighted by atomic mass is 10.4. The molecule has 1 heterocycles. The van der Waals surface area contributed by atoms with Crippen LogP contribution in [0.25, 0.3) is 0 Å². The van der Waals surface area contributed by atoms with E-state index in [0.29, 0.717) is 6.42 Å². The fraction of sp³-hybridized carbons (Fsp3) is 0.400. The first-order valence-corrected chi connectivity index (χ1v) is 4.83. The molecule has 1 aromatic rings. The molecule has 0 spiro atoms. The van der Waals surface area contributed by atoms with E-state index < -0.39 is 23.3 Å². The van der Waals surface area contributed by atoms with Gasteiger partial charge in [0, 0.05) is 0 Å². The number of nitrogens with one attached hydrogen (secondary N) is 1. The molecule has 0 aliphatic carbocycles. The first-order chi connectivity index (χ1) is 7.60. The number of ether oxygens (including phenoxy) is 1. The Balaban J connectivity index is 3.09. The molecule has 6 heteroatoms. The highest BCUT2D eigenvalue weighted by atomic mass is 19.1. The molecule has 0 radical (unpaired) electrons. The van der Waals surface area contributed by atoms with E-state index in [0.717, 1.165) is 10.8 Å². The minimum atomic E-state index is -1.03. The van der Waals surface area contributed by atoms with E-state index in [1.165, 1.54) is 6.08 Å². The molecule has 1 rings (SSSR count). The molecule has 0 saturated carbocycles. The molecule has 1 aromatic heterocycles. The lowest BCUT2D eigenvalue weighted by molar-refractivity contribution is 0.0128. The van der Waals surface area contributed by atoms with Crippen LogP contribution in [0.5, 0.6) is 0 Å². The maximum atomic E-state index is 13.0. The summed E-state index contributed by atoms with van der Waals surface area (Å²) < 4.78 is 19.3. The van der Waals surface area contributed by atoms with Gasteiger partial charge in [-0.05, 0) is 6.42 Å². The van der Waals surface area contributed by atoms with Gasteiger partial charge in [0.2, 0.25) is 5.82 Å². The Morgan fingerprint density at radius 3 is 2.94 bits per heavy atom. The highest BCUT2D eigenvalue weighted by Gasteiger charge is 2.12. The number of nitrogens with zero attached hydrogens (tertiary/aromatic N) is 1. The zero-order chi connectivity index (χ0) is 12.1. The van der Waals surface area contributed by atoms with Crippen molar-refractivity contribution in [3.63, 3.8) is 0 Å². The third-order valence-electron chi connectivity index (χ3n) is 1.99. The van der Waals surface area contributed by atoms with Crippen molar-refractivity contribution in [2.75, 3.05) is 6.61 Å². The molecule has 0 fully saturated rings. The lowest BCUT2D eigenvalue weighted by Crippen LogP contribution is -2.34. The average molecular weight is 228 g/mol. The molecular formula is C10H13FN2O3. The fourth-order valence-electron chi connectivity index (χ4n) is 1.25. The fourth-order valence-corrected chi connectivity index (χ4v) is 1.25. The maximum Gasteiger partial charge on any atom is 0.330 e. The van der Waals surface area contributed by atoms with Crippen molar-refractivity contribution < 1.29 is 9.13 Å². The van der Waals surface area contributed by atoms with E-state index >= 15 is 0 Å². The van der Waals surface area contributed by atoms with Gasteiger partial charge >= 0.3 is 5.69 Å². The zero-order valence-corrected chi connectivity index (χ0v) is 8.90. The third kappa shape index (κ3) is 2.66. The Bertz CT molecular complexity index is 478. The molecule has 0 aliphatic heterocycles. The Kier molecular flexibility index (Phi) is 4.19. The van der Waals surface area contributed by atoms with Crippen LogP contribution < -0.4 is 11.2 Å². The molecule has 1 N–H and O–H groups in total. The molecule has 5 nitrogen and oxygen atoms in total. The highest BCUT2D eigenvalue weighted by Crippen LogP contribution is 2.09. The van der Waals surface area contributed by atoms with Crippen LogP contribution in [0.15, 0.2) is 28.4 Å². The molecule has 1 atom stereocenters. The SMILES string of the molecule is C=CCOC(CC)n1cc(F)c(=O)[nH]c1=O. The van der Waals surface area contributed by atoms with Crippen molar-refractivity contribution in [2.45, 2.75) is 19.6 Å². The van der Waals surface area contributed by atoms with E-state index in [4.69, 9.17) is 4.74 Å². The standard InChI is InChI=1S/C10H13FN2O3/c1-3-5-16-8(4-2)13-6-7(11)9(14)12-10(13)15/h3,6,8H,1,4-5H2,2H3,(H,12,14,15). The topological polar surface area (TPSA) is 64.1 Å². The molecule has 0 bridgehead atoms. The van der Waals surface area contributed by atoms with Gasteiger partial charge in [0.05, 0.1) is 12.8 Å². The Hall–Kier alpha value is -1.69. The van der Waals surface area contributed by atoms with Gasteiger partial charge in [0.25, 0.3) is 5.56 Å². The van der Waals surface area contributed by atoms with Crippen LogP contribution >= 0.6 is 0 Å². The smallest absolute Gasteiger partial charge is 0.330 e. The van der Waals surface area contributed by atoms with Crippen molar-refractivity contribution in [1.29, 1.82) is 0 Å². The average Bonchev–Trinajstić information content (AvgIpc) is 2.26. The lowest BCUT2D eigenvalue weighted by Gasteiger charge is -2.17. The normalized spacial score (nSPS) is 12.4. The van der Waals surface area contributed by atoms with Gasteiger partial charge in [0.1, 0.15) is 6.23 Å². The van der Waals surface area contributed by atoms with Crippen LogP contribution in [0.4, 0.5) is 4.39 Å². The van der Waals surface area contributed by atoms with E-state index in [1.54, 1.807) is 6.92 Å². The highest BCUT2D eigenvalue weighted by molar-refractivity contribution is 4.88. The van der Waals surface area contributed by atoms with Crippen molar-refractivity contribution in [1.82, 2.24) is 9.55 Å². The Labute approximate surface area is 91.2 Å². The number of H-pyrrole nitrogens is 1. The monoisotopic (exact) mass is 228 g/mol. The van der Waals surface area contributed by atoms with E-state index in [-0.39, 0.29) is 6.61 Å². The summed E-state index contributed by atoms with van der Waals surface area (Å²) in [6.07, 6.45) is 2.23. The maximum absolute atomic E-state index is 13.0. The summed E-state index contributed by atoms with van der Waals surface area (Å²) in [5.41, 5.74) is -1.72. The molecular weight excluding hydrogens is 215 g/mol. The van der Waals surface area contributed by atoms with Crippen molar-refractivity contribution in [3.8, 4) is 0 Å². The molecule has 0 amide bonds. The first kappa shape index (κ1) is 12.4. The molecule has 88 valence electrons. The van der Waals surface area contributed by atoms with Crippen LogP contribution in [0.3, 0.4) is 0 Å². The number of aromatic nitrogens is 2. The Morgan fingerprint density at radius 1 is 1.69 bits per heavy atom. The van der Waals surface area contributed by atoms with Crippen LogP contribution in [0, 0.1) is 5.82 Å². The summed E-state index contributed by atoms with van der Waals surface area (Å²) in [6.45, 7) is 5.49. The van der Waals surface area contributed by atoms with Crippen LogP contribution in [0.1, 0.15) is 19.6 Å². The molecule has 16 heavy (non-hydrogen) atoms. The van der Waals surface area contributed by atoms with Crippen molar-refractivity contribution >= 4 is 0 Å². The van der Waals surface area contributed by atoms with E-state index in [2.05, 4.69) is 6.58 Å². The van der Waals surface area contributed by atoms with Gasteiger partial charge < -0.3 is 4.74 Å². The van der Waals surface area contributed by atoms with Gasteiger partial charge in [-0.25, -0.2) is 4.79 Å². The predicted octanol–water partition coefficient (Wildman–Crippen LogP) is 0.787. The predicted molar refractivity (Wildman–Crippen MR) is 56.8 cm³/mol. The third-order valence-corrected chi connectivity index (χ3v) is 1.99. The molecule has 0 aliphatic rings. The first-order valence-electron chi connectivity index (χ1n) is 4.83. The summed E-state index contributed by atoms with van der Waals surface area (Å²) in [4.78, 5) is 24.1. The quantitative estimate of drug-likeness (QED) is 0.758. The van der Waals surface area contributed by atoms with Gasteiger partial charge in [-0.3, -0.25) is 14.3 Å². The minimum Gasteiger partial charge on any atom is -0.354 e. The van der Waals surface area contributed by atoms with E-state index in [1.807, 2.05) is 4.98 Å². The number of halogens is 1. The van der Waals surface area contributed by atoms with Crippen LogP contribution in [0.2, 0.25) is 0 Å². The summed E-state index contributed by atoms with van der Waals surface area (Å²) in [5, 5.41) is 0. The second-order valence-corrected chi connectivity index (χ2v) is 3.13. The van der Waals surface area contributed by atoms with Gasteiger partial charge in [-0.1, -0.05) is 13.0 Å². The summed E-state index contributed by atoms with van der Waals surface area (Å²) >= 11 is 0. The second kappa shape index (κ2) is 5.41. The molecule has 1 unspecified atom stereocenters. The van der Waals surface area contributed by atoms with Crippen LogP contribution in [-0.4, -0.2) is 16.2 Å². The number of rotatable bonds is 5. The van der Waals surface area contributed by atoms with Gasteiger partial charge in [0.15, 0.2) is 0 Å². The zero-order valence-electron chi connectivity index (χ0n) is 8.90.